The van der Waals surface area contributed by atoms with Crippen molar-refractivity contribution in [2.24, 2.45) is 0 Å². The lowest BCUT2D eigenvalue weighted by Gasteiger charge is -2.23. The number of H-pyrrole nitrogens is 1. The highest BCUT2D eigenvalue weighted by Gasteiger charge is 2.32. The number of anilines is 1. The molecular formula is C19H18F2N2O2. The quantitative estimate of drug-likeness (QED) is 0.738. The third-order valence-corrected chi connectivity index (χ3v) is 4.31. The first kappa shape index (κ1) is 17.0. The maximum atomic E-state index is 13.3. The lowest BCUT2D eigenvalue weighted by atomic mass is 9.83. The van der Waals surface area contributed by atoms with E-state index in [1.807, 2.05) is 18.2 Å². The zero-order valence-corrected chi connectivity index (χ0v) is 14.1. The minimum Gasteiger partial charge on any atom is -0.497 e. The molecule has 130 valence electrons. The lowest BCUT2D eigenvalue weighted by molar-refractivity contribution is -0.120. The molecule has 0 radical (unpaired) electrons. The molecule has 0 unspecified atom stereocenters. The predicted octanol–water partition coefficient (Wildman–Crippen LogP) is 4.37. The molecule has 1 heterocycles. The minimum absolute atomic E-state index is 0.203. The Kier molecular flexibility index (Phi) is 4.20. The second kappa shape index (κ2) is 6.20. The summed E-state index contributed by atoms with van der Waals surface area (Å²) in [5.41, 5.74) is 0.954. The second-order valence-electron chi connectivity index (χ2n) is 6.32. The number of fused-ring (bicyclic) bond motifs is 1. The van der Waals surface area contributed by atoms with Crippen LogP contribution in [0.3, 0.4) is 0 Å². The van der Waals surface area contributed by atoms with E-state index in [0.717, 1.165) is 28.6 Å². The average molecular weight is 344 g/mol. The van der Waals surface area contributed by atoms with Crippen molar-refractivity contribution in [1.82, 2.24) is 4.98 Å². The standard InChI is InChI=1S/C19H18F2N2O2/c1-19(2,18(24)23-11-4-6-15(20)16(21)8-11)14-10-22-17-7-5-12(25-3)9-13(14)17/h4-10,22H,1-3H3,(H,23,24). The van der Waals surface area contributed by atoms with E-state index in [1.54, 1.807) is 27.2 Å². The number of aromatic nitrogens is 1. The molecule has 0 spiro atoms. The second-order valence-corrected chi connectivity index (χ2v) is 6.32. The molecule has 2 N–H and O–H groups in total. The Morgan fingerprint density at radius 2 is 1.88 bits per heavy atom. The number of benzene rings is 2. The molecular weight excluding hydrogens is 326 g/mol. The summed E-state index contributed by atoms with van der Waals surface area (Å²) in [5.74, 6) is -1.61. The molecule has 0 atom stereocenters. The van der Waals surface area contributed by atoms with Crippen molar-refractivity contribution in [3.05, 3.63) is 59.8 Å². The fourth-order valence-corrected chi connectivity index (χ4v) is 2.73. The van der Waals surface area contributed by atoms with Crippen LogP contribution in [0.2, 0.25) is 0 Å². The fraction of sp³-hybridized carbons (Fsp3) is 0.211. The SMILES string of the molecule is COc1ccc2[nH]cc(C(C)(C)C(=O)Nc3ccc(F)c(F)c3)c2c1. The van der Waals surface area contributed by atoms with Crippen LogP contribution in [0.1, 0.15) is 19.4 Å². The summed E-state index contributed by atoms with van der Waals surface area (Å²) in [6, 6.07) is 8.83. The van der Waals surface area contributed by atoms with E-state index in [2.05, 4.69) is 10.3 Å². The van der Waals surface area contributed by atoms with Crippen LogP contribution in [-0.4, -0.2) is 18.0 Å². The van der Waals surface area contributed by atoms with Crippen molar-refractivity contribution >= 4 is 22.5 Å². The number of methoxy groups -OCH3 is 1. The number of hydrogen-bond donors (Lipinski definition) is 2. The topological polar surface area (TPSA) is 54.1 Å². The first-order chi connectivity index (χ1) is 11.8. The minimum atomic E-state index is -1.01. The Hall–Kier alpha value is -2.89. The van der Waals surface area contributed by atoms with Gasteiger partial charge in [-0.1, -0.05) is 0 Å². The Morgan fingerprint density at radius 3 is 2.56 bits per heavy atom. The van der Waals surface area contributed by atoms with Gasteiger partial charge in [0.25, 0.3) is 0 Å². The Labute approximate surface area is 143 Å². The number of amides is 1. The van der Waals surface area contributed by atoms with Crippen LogP contribution in [-0.2, 0) is 10.2 Å². The van der Waals surface area contributed by atoms with E-state index in [9.17, 15) is 13.6 Å². The Bertz CT molecular complexity index is 948. The van der Waals surface area contributed by atoms with E-state index in [1.165, 1.54) is 6.07 Å². The predicted molar refractivity (Wildman–Crippen MR) is 92.9 cm³/mol. The summed E-state index contributed by atoms with van der Waals surface area (Å²) in [5, 5.41) is 3.51. The van der Waals surface area contributed by atoms with Gasteiger partial charge in [-0.05, 0) is 49.7 Å². The number of rotatable bonds is 4. The van der Waals surface area contributed by atoms with Crippen molar-refractivity contribution in [2.45, 2.75) is 19.3 Å². The van der Waals surface area contributed by atoms with Crippen LogP contribution in [0.5, 0.6) is 5.75 Å². The van der Waals surface area contributed by atoms with E-state index in [-0.39, 0.29) is 11.6 Å². The van der Waals surface area contributed by atoms with Crippen LogP contribution >= 0.6 is 0 Å². The van der Waals surface area contributed by atoms with Crippen molar-refractivity contribution in [3.8, 4) is 5.75 Å². The zero-order chi connectivity index (χ0) is 18.2. The number of aromatic amines is 1. The lowest BCUT2D eigenvalue weighted by Crippen LogP contribution is -2.34. The Balaban J connectivity index is 1.94. The molecule has 0 saturated carbocycles. The molecule has 3 aromatic rings. The highest BCUT2D eigenvalue weighted by molar-refractivity contribution is 6.02. The van der Waals surface area contributed by atoms with E-state index >= 15 is 0 Å². The molecule has 1 amide bonds. The van der Waals surface area contributed by atoms with Crippen LogP contribution in [0.25, 0.3) is 10.9 Å². The number of hydrogen-bond acceptors (Lipinski definition) is 2. The number of ether oxygens (including phenoxy) is 1. The zero-order valence-electron chi connectivity index (χ0n) is 14.1. The van der Waals surface area contributed by atoms with Gasteiger partial charge in [-0.3, -0.25) is 4.79 Å². The van der Waals surface area contributed by atoms with Gasteiger partial charge in [0, 0.05) is 28.9 Å². The highest BCUT2D eigenvalue weighted by atomic mass is 19.2. The molecule has 0 saturated heterocycles. The van der Waals surface area contributed by atoms with Crippen molar-refractivity contribution < 1.29 is 18.3 Å². The molecule has 6 heteroatoms. The van der Waals surface area contributed by atoms with Gasteiger partial charge in [0.05, 0.1) is 12.5 Å². The summed E-state index contributed by atoms with van der Waals surface area (Å²) in [4.78, 5) is 15.9. The fourth-order valence-electron chi connectivity index (χ4n) is 2.73. The molecule has 3 rings (SSSR count). The molecule has 0 aliphatic carbocycles. The first-order valence-corrected chi connectivity index (χ1v) is 7.75. The van der Waals surface area contributed by atoms with Crippen LogP contribution < -0.4 is 10.1 Å². The summed E-state index contributed by atoms with van der Waals surface area (Å²) < 4.78 is 31.6. The van der Waals surface area contributed by atoms with Crippen molar-refractivity contribution in [3.63, 3.8) is 0 Å². The molecule has 0 bridgehead atoms. The van der Waals surface area contributed by atoms with Gasteiger partial charge in [0.1, 0.15) is 5.75 Å². The Morgan fingerprint density at radius 1 is 1.12 bits per heavy atom. The van der Waals surface area contributed by atoms with Crippen molar-refractivity contribution in [1.29, 1.82) is 0 Å². The van der Waals surface area contributed by atoms with Gasteiger partial charge >= 0.3 is 0 Å². The number of halogens is 2. The molecule has 2 aromatic carbocycles. The highest BCUT2D eigenvalue weighted by Crippen LogP contribution is 2.33. The summed E-state index contributed by atoms with van der Waals surface area (Å²) in [7, 11) is 1.58. The van der Waals surface area contributed by atoms with Gasteiger partial charge in [-0.2, -0.15) is 0 Å². The van der Waals surface area contributed by atoms with Gasteiger partial charge in [0.2, 0.25) is 5.91 Å². The van der Waals surface area contributed by atoms with Gasteiger partial charge in [-0.15, -0.1) is 0 Å². The molecule has 0 aliphatic heterocycles. The maximum Gasteiger partial charge on any atom is 0.234 e. The molecule has 0 fully saturated rings. The smallest absolute Gasteiger partial charge is 0.234 e. The van der Waals surface area contributed by atoms with Gasteiger partial charge < -0.3 is 15.0 Å². The molecule has 1 aromatic heterocycles. The summed E-state index contributed by atoms with van der Waals surface area (Å²) in [6.45, 7) is 3.54. The average Bonchev–Trinajstić information content (AvgIpc) is 3.01. The largest absolute Gasteiger partial charge is 0.497 e. The third kappa shape index (κ3) is 3.07. The van der Waals surface area contributed by atoms with E-state index < -0.39 is 17.0 Å². The normalized spacial score (nSPS) is 11.6. The van der Waals surface area contributed by atoms with Crippen LogP contribution in [0.15, 0.2) is 42.6 Å². The molecule has 25 heavy (non-hydrogen) atoms. The number of nitrogens with one attached hydrogen (secondary N) is 2. The molecule has 4 nitrogen and oxygen atoms in total. The maximum absolute atomic E-state index is 13.3. The van der Waals surface area contributed by atoms with Crippen LogP contribution in [0.4, 0.5) is 14.5 Å². The molecule has 0 aliphatic rings. The third-order valence-electron chi connectivity index (χ3n) is 4.31. The number of carbonyl (C=O) groups is 1. The van der Waals surface area contributed by atoms with Gasteiger partial charge in [-0.25, -0.2) is 8.78 Å². The van der Waals surface area contributed by atoms with Crippen molar-refractivity contribution in [2.75, 3.05) is 12.4 Å². The van der Waals surface area contributed by atoms with E-state index in [0.29, 0.717) is 5.75 Å². The van der Waals surface area contributed by atoms with Gasteiger partial charge in [0.15, 0.2) is 11.6 Å². The van der Waals surface area contributed by atoms with E-state index in [4.69, 9.17) is 4.74 Å². The monoisotopic (exact) mass is 344 g/mol. The van der Waals surface area contributed by atoms with Crippen LogP contribution in [0, 0.1) is 11.6 Å². The summed E-state index contributed by atoms with van der Waals surface area (Å²) >= 11 is 0. The first-order valence-electron chi connectivity index (χ1n) is 7.75. The summed E-state index contributed by atoms with van der Waals surface area (Å²) in [6.07, 6.45) is 1.77. The number of carbonyl (C=O) groups excluding carboxylic acids is 1.